The maximum absolute atomic E-state index is 3.78. The molecule has 0 aromatic heterocycles. The van der Waals surface area contributed by atoms with Crippen molar-refractivity contribution in [3.8, 4) is 0 Å². The van der Waals surface area contributed by atoms with Gasteiger partial charge in [-0.3, -0.25) is 4.90 Å². The molecule has 2 nitrogen and oxygen atoms in total. The Bertz CT molecular complexity index is 207. The Labute approximate surface area is 115 Å². The van der Waals surface area contributed by atoms with E-state index in [0.717, 1.165) is 19.5 Å². The molecule has 1 atom stereocenters. The van der Waals surface area contributed by atoms with Crippen LogP contribution in [0.3, 0.4) is 0 Å². The molecule has 0 aromatic rings. The van der Waals surface area contributed by atoms with Crippen LogP contribution in [-0.4, -0.2) is 36.6 Å². The normalized spacial score (nSPS) is 13.9. The van der Waals surface area contributed by atoms with Gasteiger partial charge in [0.25, 0.3) is 0 Å². The molecule has 0 aliphatic heterocycles. The van der Waals surface area contributed by atoms with E-state index >= 15 is 0 Å². The van der Waals surface area contributed by atoms with E-state index < -0.39 is 0 Å². The number of nitrogens with one attached hydrogen (secondary N) is 1. The minimum absolute atomic E-state index is 0.233. The van der Waals surface area contributed by atoms with Crippen LogP contribution < -0.4 is 5.32 Å². The summed E-state index contributed by atoms with van der Waals surface area (Å²) in [7, 11) is 2.10. The van der Waals surface area contributed by atoms with Gasteiger partial charge in [-0.25, -0.2) is 0 Å². The van der Waals surface area contributed by atoms with Crippen molar-refractivity contribution >= 4 is 0 Å². The molecule has 0 fully saturated rings. The maximum atomic E-state index is 3.78. The van der Waals surface area contributed by atoms with Crippen LogP contribution in [0.4, 0.5) is 0 Å². The van der Waals surface area contributed by atoms with Crippen LogP contribution in [-0.2, 0) is 0 Å². The summed E-state index contributed by atoms with van der Waals surface area (Å²) in [5.41, 5.74) is 0.233. The molecule has 0 aromatic carbocycles. The molecule has 18 heavy (non-hydrogen) atoms. The summed E-state index contributed by atoms with van der Waals surface area (Å²) >= 11 is 0. The van der Waals surface area contributed by atoms with Gasteiger partial charge in [-0.1, -0.05) is 32.8 Å². The van der Waals surface area contributed by atoms with Crippen LogP contribution in [0.2, 0.25) is 0 Å². The molecule has 0 aliphatic rings. The van der Waals surface area contributed by atoms with Crippen LogP contribution in [0.1, 0.15) is 59.8 Å². The molecule has 0 heterocycles. The molecule has 0 bridgehead atoms. The highest BCUT2D eigenvalue weighted by Gasteiger charge is 2.32. The topological polar surface area (TPSA) is 15.3 Å². The molecule has 0 radical (unpaired) electrons. The third-order valence-electron chi connectivity index (χ3n) is 4.18. The van der Waals surface area contributed by atoms with Crippen molar-refractivity contribution in [2.45, 2.75) is 71.4 Å². The lowest BCUT2D eigenvalue weighted by Crippen LogP contribution is -2.56. The van der Waals surface area contributed by atoms with E-state index in [9.17, 15) is 0 Å². The molecule has 2 heteroatoms. The Morgan fingerprint density at radius 2 is 1.78 bits per heavy atom. The Morgan fingerprint density at radius 3 is 2.22 bits per heavy atom. The zero-order valence-electron chi connectivity index (χ0n) is 13.3. The lowest BCUT2D eigenvalue weighted by molar-refractivity contribution is 0.0896. The van der Waals surface area contributed by atoms with Crippen LogP contribution >= 0.6 is 0 Å². The van der Waals surface area contributed by atoms with Crippen molar-refractivity contribution < 1.29 is 0 Å². The molecule has 0 rings (SSSR count). The van der Waals surface area contributed by atoms with Gasteiger partial charge in [-0.15, -0.1) is 6.58 Å². The number of likely N-dealkylation sites (N-methyl/N-ethyl adjacent to an activating group) is 2. The molecular weight excluding hydrogens is 220 g/mol. The molecule has 0 aliphatic carbocycles. The van der Waals surface area contributed by atoms with Crippen LogP contribution in [0.25, 0.3) is 0 Å². The summed E-state index contributed by atoms with van der Waals surface area (Å²) in [6.07, 6.45) is 8.35. The zero-order chi connectivity index (χ0) is 14.0. The fourth-order valence-corrected chi connectivity index (χ4v) is 2.92. The average Bonchev–Trinajstić information content (AvgIpc) is 2.34. The number of hydrogen-bond acceptors (Lipinski definition) is 2. The van der Waals surface area contributed by atoms with E-state index in [4.69, 9.17) is 0 Å². The first-order chi connectivity index (χ1) is 8.54. The smallest absolute Gasteiger partial charge is 0.0305 e. The second kappa shape index (κ2) is 9.57. The van der Waals surface area contributed by atoms with Gasteiger partial charge in [0.05, 0.1) is 0 Å². The molecule has 0 saturated heterocycles. The van der Waals surface area contributed by atoms with E-state index in [1.165, 1.54) is 25.7 Å². The maximum Gasteiger partial charge on any atom is 0.0305 e. The van der Waals surface area contributed by atoms with Gasteiger partial charge in [-0.2, -0.15) is 0 Å². The SMILES string of the molecule is C=CCCCCCC(NC)C(C)(C)N(CC)CC. The van der Waals surface area contributed by atoms with Crippen LogP contribution in [0.15, 0.2) is 12.7 Å². The zero-order valence-corrected chi connectivity index (χ0v) is 13.3. The number of unbranched alkanes of at least 4 members (excludes halogenated alkanes) is 3. The number of hydrogen-bond donors (Lipinski definition) is 1. The first kappa shape index (κ1) is 17.7. The minimum atomic E-state index is 0.233. The summed E-state index contributed by atoms with van der Waals surface area (Å²) in [5.74, 6) is 0. The Balaban J connectivity index is 4.24. The lowest BCUT2D eigenvalue weighted by atomic mass is 9.88. The number of rotatable bonds is 11. The standard InChI is InChI=1S/C16H34N2/c1-7-10-11-12-13-14-15(17-6)16(4,5)18(8-2)9-3/h7,15,17H,1,8-14H2,2-6H3. The summed E-state index contributed by atoms with van der Waals surface area (Å²) in [6, 6.07) is 0.570. The van der Waals surface area contributed by atoms with Crippen molar-refractivity contribution in [3.05, 3.63) is 12.7 Å². The van der Waals surface area contributed by atoms with Crippen LogP contribution in [0, 0.1) is 0 Å². The first-order valence-electron chi connectivity index (χ1n) is 7.57. The van der Waals surface area contributed by atoms with Gasteiger partial charge < -0.3 is 5.32 Å². The van der Waals surface area contributed by atoms with Crippen molar-refractivity contribution in [3.63, 3.8) is 0 Å². The van der Waals surface area contributed by atoms with E-state index in [1.807, 2.05) is 6.08 Å². The molecule has 108 valence electrons. The van der Waals surface area contributed by atoms with Gasteiger partial charge in [0.15, 0.2) is 0 Å². The highest BCUT2D eigenvalue weighted by Crippen LogP contribution is 2.22. The largest absolute Gasteiger partial charge is 0.315 e. The van der Waals surface area contributed by atoms with Gasteiger partial charge in [0, 0.05) is 11.6 Å². The van der Waals surface area contributed by atoms with E-state index in [1.54, 1.807) is 0 Å². The van der Waals surface area contributed by atoms with E-state index in [0.29, 0.717) is 6.04 Å². The average molecular weight is 254 g/mol. The van der Waals surface area contributed by atoms with Gasteiger partial charge >= 0.3 is 0 Å². The lowest BCUT2D eigenvalue weighted by Gasteiger charge is -2.43. The molecular formula is C16H34N2. The highest BCUT2D eigenvalue weighted by molar-refractivity contribution is 4.92. The number of nitrogens with zero attached hydrogens (tertiary/aromatic N) is 1. The first-order valence-corrected chi connectivity index (χ1v) is 7.57. The van der Waals surface area contributed by atoms with Crippen molar-refractivity contribution in [1.82, 2.24) is 10.2 Å². The molecule has 1 unspecified atom stereocenters. The summed E-state index contributed by atoms with van der Waals surface area (Å²) in [4.78, 5) is 2.55. The summed E-state index contributed by atoms with van der Waals surface area (Å²) in [5, 5.41) is 3.52. The molecule has 1 N–H and O–H groups in total. The van der Waals surface area contributed by atoms with E-state index in [2.05, 4.69) is 51.5 Å². The van der Waals surface area contributed by atoms with Gasteiger partial charge in [-0.05, 0) is 53.2 Å². The third-order valence-corrected chi connectivity index (χ3v) is 4.18. The van der Waals surface area contributed by atoms with Crippen LogP contribution in [0.5, 0.6) is 0 Å². The molecule has 0 spiro atoms. The Kier molecular flexibility index (Phi) is 9.39. The van der Waals surface area contributed by atoms with Gasteiger partial charge in [0.1, 0.15) is 0 Å². The van der Waals surface area contributed by atoms with Crippen molar-refractivity contribution in [1.29, 1.82) is 0 Å². The second-order valence-electron chi connectivity index (χ2n) is 5.59. The summed E-state index contributed by atoms with van der Waals surface area (Å²) in [6.45, 7) is 15.3. The van der Waals surface area contributed by atoms with E-state index in [-0.39, 0.29) is 5.54 Å². The Hall–Kier alpha value is -0.340. The Morgan fingerprint density at radius 1 is 1.17 bits per heavy atom. The van der Waals surface area contributed by atoms with Crippen molar-refractivity contribution in [2.24, 2.45) is 0 Å². The predicted octanol–water partition coefficient (Wildman–Crippen LogP) is 3.83. The molecule has 0 amide bonds. The fourth-order valence-electron chi connectivity index (χ4n) is 2.92. The fraction of sp³-hybridized carbons (Fsp3) is 0.875. The predicted molar refractivity (Wildman–Crippen MR) is 83.1 cm³/mol. The minimum Gasteiger partial charge on any atom is -0.315 e. The quantitative estimate of drug-likeness (QED) is 0.445. The second-order valence-corrected chi connectivity index (χ2v) is 5.59. The summed E-state index contributed by atoms with van der Waals surface area (Å²) < 4.78 is 0. The number of allylic oxidation sites excluding steroid dienone is 1. The third kappa shape index (κ3) is 5.53. The van der Waals surface area contributed by atoms with Gasteiger partial charge in [0.2, 0.25) is 0 Å². The monoisotopic (exact) mass is 254 g/mol. The molecule has 0 saturated carbocycles. The highest BCUT2D eigenvalue weighted by atomic mass is 15.2. The van der Waals surface area contributed by atoms with Crippen molar-refractivity contribution in [2.75, 3.05) is 20.1 Å².